The van der Waals surface area contributed by atoms with E-state index in [4.69, 9.17) is 0 Å². The Bertz CT molecular complexity index is 738. The molecule has 132 valence electrons. The molecule has 1 aromatic heterocycles. The van der Waals surface area contributed by atoms with Crippen LogP contribution in [0.25, 0.3) is 0 Å². The Morgan fingerprint density at radius 2 is 1.84 bits per heavy atom. The van der Waals surface area contributed by atoms with Crippen LogP contribution in [0.3, 0.4) is 0 Å². The molecule has 1 aromatic carbocycles. The van der Waals surface area contributed by atoms with Gasteiger partial charge in [-0.05, 0) is 49.5 Å². The summed E-state index contributed by atoms with van der Waals surface area (Å²) in [4.78, 5) is 9.53. The van der Waals surface area contributed by atoms with Gasteiger partial charge in [0.05, 0.1) is 6.54 Å². The highest BCUT2D eigenvalue weighted by atomic mass is 32.1. The number of benzene rings is 1. The van der Waals surface area contributed by atoms with Gasteiger partial charge in [0.25, 0.3) is 0 Å². The molecule has 4 saturated heterocycles. The molecular weight excluding hydrogens is 340 g/mol. The Morgan fingerprint density at radius 1 is 1.08 bits per heavy atom. The minimum Gasteiger partial charge on any atom is -0.298 e. The summed E-state index contributed by atoms with van der Waals surface area (Å²) in [7, 11) is 0. The second kappa shape index (κ2) is 6.11. The summed E-state index contributed by atoms with van der Waals surface area (Å²) in [5.74, 6) is -0.0848. The number of hydrogen-bond acceptors (Lipinski definition) is 4. The fourth-order valence-corrected chi connectivity index (χ4v) is 5.95. The van der Waals surface area contributed by atoms with Crippen LogP contribution in [-0.4, -0.2) is 46.5 Å². The Kier molecular flexibility index (Phi) is 3.87. The van der Waals surface area contributed by atoms with Crippen molar-refractivity contribution in [3.8, 4) is 0 Å². The van der Waals surface area contributed by atoms with Crippen LogP contribution in [0, 0.1) is 17.6 Å². The van der Waals surface area contributed by atoms with Crippen LogP contribution in [0.5, 0.6) is 0 Å². The van der Waals surface area contributed by atoms with Crippen LogP contribution in [0.15, 0.2) is 29.8 Å². The van der Waals surface area contributed by atoms with Crippen LogP contribution in [-0.2, 0) is 6.54 Å². The lowest BCUT2D eigenvalue weighted by Crippen LogP contribution is -2.59. The highest BCUT2D eigenvalue weighted by Gasteiger charge is 2.53. The number of hydrogen-bond donors (Lipinski definition) is 0. The van der Waals surface area contributed by atoms with Gasteiger partial charge in [-0.25, -0.2) is 13.8 Å². The molecule has 0 N–H and O–H groups in total. The molecule has 0 amide bonds. The maximum absolute atomic E-state index is 13.8. The van der Waals surface area contributed by atoms with Crippen molar-refractivity contribution in [1.29, 1.82) is 0 Å². The molecule has 3 atom stereocenters. The highest BCUT2D eigenvalue weighted by molar-refractivity contribution is 7.09. The number of thiazole rings is 1. The lowest BCUT2D eigenvalue weighted by Gasteiger charge is -2.51. The molecule has 3 nitrogen and oxygen atoms in total. The summed E-state index contributed by atoms with van der Waals surface area (Å²) in [5.41, 5.74) is 0.807. The molecule has 4 aliphatic rings. The van der Waals surface area contributed by atoms with Gasteiger partial charge >= 0.3 is 0 Å². The van der Waals surface area contributed by atoms with E-state index in [9.17, 15) is 8.78 Å². The predicted octanol–water partition coefficient (Wildman–Crippen LogP) is 3.48. The lowest BCUT2D eigenvalue weighted by molar-refractivity contribution is -0.00872. The molecule has 6 heteroatoms. The molecule has 0 unspecified atom stereocenters. The zero-order valence-corrected chi connectivity index (χ0v) is 14.8. The topological polar surface area (TPSA) is 19.4 Å². The average Bonchev–Trinajstić information content (AvgIpc) is 3.24. The molecule has 6 rings (SSSR count). The van der Waals surface area contributed by atoms with Crippen molar-refractivity contribution >= 4 is 11.3 Å². The van der Waals surface area contributed by atoms with E-state index in [1.165, 1.54) is 25.0 Å². The van der Waals surface area contributed by atoms with E-state index in [0.717, 1.165) is 42.8 Å². The predicted molar refractivity (Wildman–Crippen MR) is 93.5 cm³/mol. The molecule has 0 aliphatic carbocycles. The Labute approximate surface area is 150 Å². The molecule has 4 aliphatic heterocycles. The Hall–Kier alpha value is -1.37. The van der Waals surface area contributed by atoms with Gasteiger partial charge < -0.3 is 0 Å². The van der Waals surface area contributed by atoms with Crippen LogP contribution >= 0.6 is 11.3 Å². The third-order valence-electron chi connectivity index (χ3n) is 6.23. The maximum Gasteiger partial charge on any atom is 0.126 e. The van der Waals surface area contributed by atoms with Gasteiger partial charge in [0.1, 0.15) is 16.6 Å². The second-order valence-corrected chi connectivity index (χ2v) is 8.50. The number of fused-ring (bicyclic) bond motifs is 2. The molecule has 2 bridgehead atoms. The van der Waals surface area contributed by atoms with E-state index < -0.39 is 11.6 Å². The van der Waals surface area contributed by atoms with Gasteiger partial charge in [0.2, 0.25) is 0 Å². The van der Waals surface area contributed by atoms with Gasteiger partial charge in [-0.2, -0.15) is 0 Å². The van der Waals surface area contributed by atoms with Gasteiger partial charge in [0, 0.05) is 42.2 Å². The SMILES string of the molecule is Fc1cc(F)cc([C@@H]2CN(Cc3nccs3)[C@@H]3C4CCN(CC4)[C@@H]32)c1. The number of halogens is 2. The van der Waals surface area contributed by atoms with Crippen LogP contribution < -0.4 is 0 Å². The first-order valence-electron chi connectivity index (χ1n) is 9.01. The Balaban J connectivity index is 1.51. The first kappa shape index (κ1) is 15.9. The summed E-state index contributed by atoms with van der Waals surface area (Å²) >= 11 is 1.68. The summed E-state index contributed by atoms with van der Waals surface area (Å²) in [6.45, 7) is 3.93. The smallest absolute Gasteiger partial charge is 0.126 e. The van der Waals surface area contributed by atoms with E-state index in [-0.39, 0.29) is 5.92 Å². The fraction of sp³-hybridized carbons (Fsp3) is 0.526. The van der Waals surface area contributed by atoms with Crippen molar-refractivity contribution in [3.05, 3.63) is 52.0 Å². The monoisotopic (exact) mass is 361 g/mol. The average molecular weight is 361 g/mol. The minimum atomic E-state index is -0.471. The van der Waals surface area contributed by atoms with Crippen molar-refractivity contribution in [2.45, 2.75) is 37.4 Å². The van der Waals surface area contributed by atoms with E-state index in [0.29, 0.717) is 18.0 Å². The van der Waals surface area contributed by atoms with Gasteiger partial charge in [-0.3, -0.25) is 9.80 Å². The molecule has 4 fully saturated rings. The summed E-state index contributed by atoms with van der Waals surface area (Å²) in [5, 5.41) is 3.14. The largest absolute Gasteiger partial charge is 0.298 e. The number of rotatable bonds is 3. The summed E-state index contributed by atoms with van der Waals surface area (Å²) in [6, 6.07) is 4.87. The molecule has 0 radical (unpaired) electrons. The van der Waals surface area contributed by atoms with Crippen molar-refractivity contribution in [1.82, 2.24) is 14.8 Å². The second-order valence-electron chi connectivity index (χ2n) is 7.52. The van der Waals surface area contributed by atoms with Crippen molar-refractivity contribution in [2.24, 2.45) is 5.92 Å². The van der Waals surface area contributed by atoms with Crippen LogP contribution in [0.2, 0.25) is 0 Å². The van der Waals surface area contributed by atoms with Gasteiger partial charge in [-0.15, -0.1) is 11.3 Å². The zero-order valence-electron chi connectivity index (χ0n) is 13.9. The van der Waals surface area contributed by atoms with Gasteiger partial charge in [-0.1, -0.05) is 0 Å². The van der Waals surface area contributed by atoms with Crippen LogP contribution in [0.4, 0.5) is 8.78 Å². The van der Waals surface area contributed by atoms with Gasteiger partial charge in [0.15, 0.2) is 0 Å². The van der Waals surface area contributed by atoms with E-state index in [1.807, 2.05) is 11.6 Å². The van der Waals surface area contributed by atoms with E-state index in [2.05, 4.69) is 14.8 Å². The third kappa shape index (κ3) is 2.71. The number of nitrogens with zero attached hydrogens (tertiary/aromatic N) is 3. The quantitative estimate of drug-likeness (QED) is 0.834. The first-order valence-corrected chi connectivity index (χ1v) is 9.89. The number of likely N-dealkylation sites (tertiary alicyclic amines) is 1. The normalized spacial score (nSPS) is 34.4. The van der Waals surface area contributed by atoms with Crippen molar-refractivity contribution in [2.75, 3.05) is 19.6 Å². The first-order chi connectivity index (χ1) is 12.2. The maximum atomic E-state index is 13.8. The third-order valence-corrected chi connectivity index (χ3v) is 6.99. The van der Waals surface area contributed by atoms with Crippen molar-refractivity contribution in [3.63, 3.8) is 0 Å². The molecule has 0 saturated carbocycles. The summed E-state index contributed by atoms with van der Waals surface area (Å²) < 4.78 is 27.6. The highest BCUT2D eigenvalue weighted by Crippen LogP contribution is 2.47. The van der Waals surface area contributed by atoms with E-state index in [1.54, 1.807) is 11.3 Å². The summed E-state index contributed by atoms with van der Waals surface area (Å²) in [6.07, 6.45) is 4.32. The van der Waals surface area contributed by atoms with E-state index >= 15 is 0 Å². The standard InChI is InChI=1S/C19H21F2N3S/c20-14-7-13(8-15(21)9-14)16-10-24(11-17-22-3-6-25-17)18-12-1-4-23(5-2-12)19(16)18/h3,6-9,12,16,18-19H,1-2,4-5,10-11H2/t16-,18+,19+/m0/s1. The molecular formula is C19H21F2N3S. The molecule has 25 heavy (non-hydrogen) atoms. The number of aromatic nitrogens is 1. The molecule has 0 spiro atoms. The van der Waals surface area contributed by atoms with Crippen molar-refractivity contribution < 1.29 is 8.78 Å². The zero-order chi connectivity index (χ0) is 17.0. The molecule has 5 heterocycles. The Morgan fingerprint density at radius 3 is 2.52 bits per heavy atom. The van der Waals surface area contributed by atoms with Crippen LogP contribution in [0.1, 0.15) is 29.3 Å². The number of piperidine rings is 3. The minimum absolute atomic E-state index is 0.165. The molecule has 2 aromatic rings. The lowest BCUT2D eigenvalue weighted by atomic mass is 9.75. The fourth-order valence-electron chi connectivity index (χ4n) is 5.31.